The van der Waals surface area contributed by atoms with Gasteiger partial charge < -0.3 is 4.52 Å². The number of ketones is 1. The predicted octanol–water partition coefficient (Wildman–Crippen LogP) is 2.23. The Hall–Kier alpha value is -1.75. The van der Waals surface area contributed by atoms with Crippen molar-refractivity contribution in [1.82, 2.24) is 9.46 Å². The third-order valence-electron chi connectivity index (χ3n) is 4.57. The second-order valence-electron chi connectivity index (χ2n) is 6.91. The second-order valence-corrected chi connectivity index (χ2v) is 11.4. The number of benzene rings is 1. The summed E-state index contributed by atoms with van der Waals surface area (Å²) in [4.78, 5) is 12.8. The molecule has 0 bridgehead atoms. The number of carbonyl (C=O) groups is 1. The fraction of sp³-hybridized carbons (Fsp3) is 0.412. The Kier molecular flexibility index (Phi) is 5.43. The van der Waals surface area contributed by atoms with Gasteiger partial charge in [-0.25, -0.2) is 21.1 Å². The molecule has 0 atom stereocenters. The first kappa shape index (κ1) is 21.0. The third-order valence-corrected chi connectivity index (χ3v) is 7.40. The largest absolute Gasteiger partial charge is 0.364 e. The summed E-state index contributed by atoms with van der Waals surface area (Å²) in [7, 11) is -6.20. The molecule has 1 heterocycles. The van der Waals surface area contributed by atoms with Gasteiger partial charge in [-0.15, -0.1) is 0 Å². The van der Waals surface area contributed by atoms with Gasteiger partial charge in [-0.3, -0.25) is 4.79 Å². The van der Waals surface area contributed by atoms with Crippen LogP contribution in [0.4, 0.5) is 0 Å². The molecule has 28 heavy (non-hydrogen) atoms. The molecule has 8 nitrogen and oxygen atoms in total. The van der Waals surface area contributed by atoms with Crippen LogP contribution in [0.15, 0.2) is 27.8 Å². The summed E-state index contributed by atoms with van der Waals surface area (Å²) in [6.45, 7) is -0.291. The molecule has 0 amide bonds. The molecular formula is C17H19ClN2O6S2. The molecular weight excluding hydrogens is 428 g/mol. The molecule has 0 spiro atoms. The molecule has 0 aliphatic heterocycles. The number of sulfone groups is 1. The van der Waals surface area contributed by atoms with Crippen LogP contribution in [0.3, 0.4) is 0 Å². The van der Waals surface area contributed by atoms with E-state index >= 15 is 0 Å². The van der Waals surface area contributed by atoms with Crippen molar-refractivity contribution in [1.29, 1.82) is 0 Å². The summed E-state index contributed by atoms with van der Waals surface area (Å²) in [5.41, 5.74) is 0.674. The van der Waals surface area contributed by atoms with E-state index in [4.69, 9.17) is 16.1 Å². The molecule has 152 valence electrons. The fourth-order valence-corrected chi connectivity index (χ4v) is 4.72. The Labute approximate surface area is 168 Å². The predicted molar refractivity (Wildman–Crippen MR) is 103 cm³/mol. The van der Waals surface area contributed by atoms with E-state index in [1.807, 2.05) is 0 Å². The minimum Gasteiger partial charge on any atom is -0.364 e. The lowest BCUT2D eigenvalue weighted by Crippen LogP contribution is -2.26. The highest BCUT2D eigenvalue weighted by molar-refractivity contribution is 7.91. The van der Waals surface area contributed by atoms with Gasteiger partial charge in [0.05, 0.1) is 22.4 Å². The maximum Gasteiger partial charge on any atom is 0.211 e. The van der Waals surface area contributed by atoms with Crippen molar-refractivity contribution in [3.05, 3.63) is 45.8 Å². The van der Waals surface area contributed by atoms with E-state index in [2.05, 4.69) is 5.16 Å². The van der Waals surface area contributed by atoms with Crippen LogP contribution in [0.25, 0.3) is 0 Å². The second kappa shape index (κ2) is 7.25. The van der Waals surface area contributed by atoms with E-state index in [0.717, 1.165) is 29.7 Å². The number of nitrogens with zero attached hydrogens (tertiary/aromatic N) is 2. The van der Waals surface area contributed by atoms with Gasteiger partial charge >= 0.3 is 0 Å². The van der Waals surface area contributed by atoms with E-state index < -0.39 is 25.6 Å². The van der Waals surface area contributed by atoms with E-state index in [0.29, 0.717) is 5.69 Å². The first-order valence-electron chi connectivity index (χ1n) is 8.33. The van der Waals surface area contributed by atoms with Crippen LogP contribution in [0.2, 0.25) is 5.02 Å². The molecule has 0 radical (unpaired) electrons. The molecule has 1 aromatic heterocycles. The van der Waals surface area contributed by atoms with Crippen LogP contribution in [0.5, 0.6) is 0 Å². The first-order valence-corrected chi connectivity index (χ1v) is 12.4. The Morgan fingerprint density at radius 1 is 1.21 bits per heavy atom. The number of hydrogen-bond acceptors (Lipinski definition) is 7. The Morgan fingerprint density at radius 2 is 1.86 bits per heavy atom. The smallest absolute Gasteiger partial charge is 0.211 e. The van der Waals surface area contributed by atoms with Gasteiger partial charge in [0, 0.05) is 41.9 Å². The average Bonchev–Trinajstić information content (AvgIpc) is 3.30. The van der Waals surface area contributed by atoms with E-state index in [1.54, 1.807) is 0 Å². The summed E-state index contributed by atoms with van der Waals surface area (Å²) in [5, 5.41) is 3.93. The molecule has 1 saturated carbocycles. The monoisotopic (exact) mass is 446 g/mol. The van der Waals surface area contributed by atoms with Gasteiger partial charge in [0.15, 0.2) is 15.6 Å². The van der Waals surface area contributed by atoms with E-state index in [-0.39, 0.29) is 39.1 Å². The van der Waals surface area contributed by atoms with Gasteiger partial charge in [-0.05, 0) is 25.0 Å². The standard InChI is InChI=1S/C17H19ClN2O6S2/c1-20(28(3,24)25)8-12-14(18)7-6-11(17(12)27(2,22)23)16(21)13-9-26-19-15(13)10-4-5-10/h6-7,9-10H,4-5,8H2,1-3H3. The highest BCUT2D eigenvalue weighted by Gasteiger charge is 2.34. The molecule has 2 aromatic rings. The molecule has 1 aliphatic carbocycles. The quantitative estimate of drug-likeness (QED) is 0.599. The number of halogens is 1. The Balaban J connectivity index is 2.18. The SMILES string of the molecule is CN(Cc1c(Cl)ccc(C(=O)c2conc2C2CC2)c1S(C)(=O)=O)S(C)(=O)=O. The summed E-state index contributed by atoms with van der Waals surface area (Å²) in [6, 6.07) is 2.72. The van der Waals surface area contributed by atoms with Crippen LogP contribution in [-0.4, -0.2) is 51.6 Å². The summed E-state index contributed by atoms with van der Waals surface area (Å²) in [5.74, 6) is -0.425. The van der Waals surface area contributed by atoms with Crippen molar-refractivity contribution in [2.75, 3.05) is 19.6 Å². The van der Waals surface area contributed by atoms with Crippen LogP contribution >= 0.6 is 11.6 Å². The van der Waals surface area contributed by atoms with Crippen molar-refractivity contribution in [3.8, 4) is 0 Å². The zero-order valence-corrected chi connectivity index (χ0v) is 17.9. The van der Waals surface area contributed by atoms with Crippen LogP contribution in [0.1, 0.15) is 45.9 Å². The van der Waals surface area contributed by atoms with Gasteiger partial charge in [-0.2, -0.15) is 0 Å². The lowest BCUT2D eigenvalue weighted by Gasteiger charge is -2.19. The van der Waals surface area contributed by atoms with Crippen LogP contribution in [-0.2, 0) is 26.4 Å². The fourth-order valence-electron chi connectivity index (χ4n) is 2.90. The molecule has 0 saturated heterocycles. The summed E-state index contributed by atoms with van der Waals surface area (Å²) >= 11 is 6.19. The normalized spacial score (nSPS) is 15.2. The molecule has 0 unspecified atom stereocenters. The Morgan fingerprint density at radius 3 is 2.39 bits per heavy atom. The van der Waals surface area contributed by atoms with Gasteiger partial charge in [0.1, 0.15) is 6.26 Å². The highest BCUT2D eigenvalue weighted by Crippen LogP contribution is 2.41. The van der Waals surface area contributed by atoms with E-state index in [9.17, 15) is 21.6 Å². The Bertz CT molecular complexity index is 1150. The molecule has 0 N–H and O–H groups in total. The van der Waals surface area contributed by atoms with Crippen LogP contribution < -0.4 is 0 Å². The minimum atomic E-state index is -3.91. The number of carbonyl (C=O) groups excluding carboxylic acids is 1. The van der Waals surface area contributed by atoms with Crippen LogP contribution in [0, 0.1) is 0 Å². The van der Waals surface area contributed by atoms with Gasteiger partial charge in [0.25, 0.3) is 0 Å². The first-order chi connectivity index (χ1) is 12.9. The van der Waals surface area contributed by atoms with Crippen molar-refractivity contribution < 1.29 is 26.2 Å². The van der Waals surface area contributed by atoms with Crippen molar-refractivity contribution >= 4 is 37.2 Å². The zero-order valence-electron chi connectivity index (χ0n) is 15.5. The van der Waals surface area contributed by atoms with Gasteiger partial charge in [0.2, 0.25) is 10.0 Å². The molecule has 1 aliphatic rings. The van der Waals surface area contributed by atoms with Gasteiger partial charge in [-0.1, -0.05) is 16.8 Å². The molecule has 3 rings (SSSR count). The number of hydrogen-bond donors (Lipinski definition) is 0. The van der Waals surface area contributed by atoms with E-state index in [1.165, 1.54) is 25.4 Å². The number of aromatic nitrogens is 1. The third kappa shape index (κ3) is 4.14. The van der Waals surface area contributed by atoms with Crippen molar-refractivity contribution in [2.45, 2.75) is 30.2 Å². The molecule has 11 heteroatoms. The van der Waals surface area contributed by atoms with Crippen molar-refractivity contribution in [3.63, 3.8) is 0 Å². The maximum absolute atomic E-state index is 13.1. The topological polar surface area (TPSA) is 115 Å². The summed E-state index contributed by atoms with van der Waals surface area (Å²) < 4.78 is 54.6. The highest BCUT2D eigenvalue weighted by atomic mass is 35.5. The average molecular weight is 447 g/mol. The maximum atomic E-state index is 13.1. The molecule has 1 aromatic carbocycles. The number of sulfonamides is 1. The lowest BCUT2D eigenvalue weighted by atomic mass is 10.00. The lowest BCUT2D eigenvalue weighted by molar-refractivity contribution is 0.103. The molecule has 1 fully saturated rings. The number of rotatable bonds is 7. The van der Waals surface area contributed by atoms with Crippen molar-refractivity contribution in [2.24, 2.45) is 0 Å². The zero-order chi connectivity index (χ0) is 20.9. The summed E-state index contributed by atoms with van der Waals surface area (Å²) in [6.07, 6.45) is 4.93. The minimum absolute atomic E-state index is 0.0485.